The van der Waals surface area contributed by atoms with Crippen molar-refractivity contribution < 1.29 is 13.9 Å². The highest BCUT2D eigenvalue weighted by atomic mass is 16.5. The van der Waals surface area contributed by atoms with Crippen molar-refractivity contribution in [2.45, 2.75) is 13.3 Å². The molecular weight excluding hydrogens is 232 g/mol. The molecule has 18 heavy (non-hydrogen) atoms. The normalized spacial score (nSPS) is 10.4. The molecule has 0 saturated carbocycles. The zero-order chi connectivity index (χ0) is 13.1. The molecule has 2 rings (SSSR count). The van der Waals surface area contributed by atoms with Crippen molar-refractivity contribution in [2.24, 2.45) is 0 Å². The van der Waals surface area contributed by atoms with Gasteiger partial charge in [-0.15, -0.1) is 0 Å². The Kier molecular flexibility index (Phi) is 3.41. The summed E-state index contributed by atoms with van der Waals surface area (Å²) < 4.78 is 15.7. The molecule has 1 aromatic heterocycles. The number of ether oxygens (including phenoxy) is 2. The molecule has 96 valence electrons. The minimum atomic E-state index is 0.190. The average Bonchev–Trinajstić information content (AvgIpc) is 2.68. The molecule has 0 unspecified atom stereocenters. The summed E-state index contributed by atoms with van der Waals surface area (Å²) in [5, 5.41) is 0. The maximum absolute atomic E-state index is 5.52. The standard InChI is InChI=1S/C13H16N2O3/c1-8-11(15-13(14)18-8)6-9-4-5-10(16-2)7-12(9)17-3/h4-5,7H,6H2,1-3H3,(H2,14,15). The molecule has 0 atom stereocenters. The van der Waals surface area contributed by atoms with Crippen LogP contribution in [0.4, 0.5) is 6.01 Å². The third kappa shape index (κ3) is 2.40. The van der Waals surface area contributed by atoms with Crippen molar-refractivity contribution in [3.63, 3.8) is 0 Å². The number of aromatic nitrogens is 1. The second kappa shape index (κ2) is 5.00. The van der Waals surface area contributed by atoms with Gasteiger partial charge in [0, 0.05) is 18.1 Å². The predicted molar refractivity (Wildman–Crippen MR) is 68.0 cm³/mol. The minimum Gasteiger partial charge on any atom is -0.497 e. The van der Waals surface area contributed by atoms with Gasteiger partial charge in [0.05, 0.1) is 19.9 Å². The van der Waals surface area contributed by atoms with Crippen molar-refractivity contribution >= 4 is 6.01 Å². The summed E-state index contributed by atoms with van der Waals surface area (Å²) in [5.74, 6) is 2.24. The lowest BCUT2D eigenvalue weighted by atomic mass is 10.1. The van der Waals surface area contributed by atoms with E-state index in [-0.39, 0.29) is 6.01 Å². The van der Waals surface area contributed by atoms with E-state index in [1.807, 2.05) is 25.1 Å². The number of hydrogen-bond donors (Lipinski definition) is 1. The zero-order valence-corrected chi connectivity index (χ0v) is 10.7. The Morgan fingerprint density at radius 3 is 2.61 bits per heavy atom. The summed E-state index contributed by atoms with van der Waals surface area (Å²) in [4.78, 5) is 4.15. The summed E-state index contributed by atoms with van der Waals surface area (Å²) >= 11 is 0. The van der Waals surface area contributed by atoms with Crippen molar-refractivity contribution in [1.29, 1.82) is 0 Å². The molecule has 2 aromatic rings. The van der Waals surface area contributed by atoms with Crippen LogP contribution in [-0.4, -0.2) is 19.2 Å². The maximum atomic E-state index is 5.52. The van der Waals surface area contributed by atoms with E-state index >= 15 is 0 Å². The zero-order valence-electron chi connectivity index (χ0n) is 10.7. The largest absolute Gasteiger partial charge is 0.497 e. The number of rotatable bonds is 4. The van der Waals surface area contributed by atoms with Gasteiger partial charge in [0.2, 0.25) is 0 Å². The Morgan fingerprint density at radius 1 is 1.28 bits per heavy atom. The number of aryl methyl sites for hydroxylation is 1. The second-order valence-electron chi connectivity index (χ2n) is 3.91. The lowest BCUT2D eigenvalue weighted by molar-refractivity contribution is 0.391. The van der Waals surface area contributed by atoms with E-state index in [1.54, 1.807) is 14.2 Å². The van der Waals surface area contributed by atoms with Gasteiger partial charge in [-0.3, -0.25) is 0 Å². The Bertz CT molecular complexity index is 549. The van der Waals surface area contributed by atoms with Crippen LogP contribution in [0.3, 0.4) is 0 Å². The lowest BCUT2D eigenvalue weighted by Gasteiger charge is -2.09. The van der Waals surface area contributed by atoms with Crippen molar-refractivity contribution in [3.8, 4) is 11.5 Å². The fourth-order valence-corrected chi connectivity index (χ4v) is 1.79. The lowest BCUT2D eigenvalue weighted by Crippen LogP contribution is -1.97. The molecule has 0 radical (unpaired) electrons. The first-order valence-corrected chi connectivity index (χ1v) is 5.56. The number of anilines is 1. The van der Waals surface area contributed by atoms with Gasteiger partial charge in [0.1, 0.15) is 17.3 Å². The van der Waals surface area contributed by atoms with E-state index in [1.165, 1.54) is 0 Å². The van der Waals surface area contributed by atoms with Crippen LogP contribution in [0.1, 0.15) is 17.0 Å². The SMILES string of the molecule is COc1ccc(Cc2nc(N)oc2C)c(OC)c1. The van der Waals surface area contributed by atoms with Crippen LogP contribution in [0.2, 0.25) is 0 Å². The molecule has 0 bridgehead atoms. The Labute approximate surface area is 106 Å². The van der Waals surface area contributed by atoms with Crippen molar-refractivity contribution in [2.75, 3.05) is 20.0 Å². The first kappa shape index (κ1) is 12.3. The van der Waals surface area contributed by atoms with E-state index in [0.29, 0.717) is 6.42 Å². The predicted octanol–water partition coefficient (Wildman–Crippen LogP) is 2.17. The van der Waals surface area contributed by atoms with E-state index in [0.717, 1.165) is 28.5 Å². The van der Waals surface area contributed by atoms with E-state index in [2.05, 4.69) is 4.98 Å². The number of nitrogens with zero attached hydrogens (tertiary/aromatic N) is 1. The average molecular weight is 248 g/mol. The van der Waals surface area contributed by atoms with E-state index in [9.17, 15) is 0 Å². The minimum absolute atomic E-state index is 0.190. The Morgan fingerprint density at radius 2 is 2.06 bits per heavy atom. The van der Waals surface area contributed by atoms with Gasteiger partial charge in [-0.25, -0.2) is 0 Å². The number of hydrogen-bond acceptors (Lipinski definition) is 5. The van der Waals surface area contributed by atoms with Crippen LogP contribution >= 0.6 is 0 Å². The van der Waals surface area contributed by atoms with Crippen LogP contribution in [-0.2, 0) is 6.42 Å². The van der Waals surface area contributed by atoms with Crippen molar-refractivity contribution in [1.82, 2.24) is 4.98 Å². The van der Waals surface area contributed by atoms with Gasteiger partial charge in [-0.2, -0.15) is 4.98 Å². The number of nitrogen functional groups attached to an aromatic ring is 1. The first-order valence-electron chi connectivity index (χ1n) is 5.56. The van der Waals surface area contributed by atoms with E-state index < -0.39 is 0 Å². The molecule has 0 amide bonds. The summed E-state index contributed by atoms with van der Waals surface area (Å²) in [6, 6.07) is 5.86. The van der Waals surface area contributed by atoms with Gasteiger partial charge >= 0.3 is 0 Å². The van der Waals surface area contributed by atoms with Gasteiger partial charge in [0.15, 0.2) is 0 Å². The van der Waals surface area contributed by atoms with Crippen LogP contribution in [0.5, 0.6) is 11.5 Å². The summed E-state index contributed by atoms with van der Waals surface area (Å²) in [5.41, 5.74) is 7.34. The Balaban J connectivity index is 2.31. The monoisotopic (exact) mass is 248 g/mol. The van der Waals surface area contributed by atoms with Gasteiger partial charge in [-0.1, -0.05) is 6.07 Å². The number of oxazole rings is 1. The van der Waals surface area contributed by atoms with Gasteiger partial charge < -0.3 is 19.6 Å². The molecule has 5 heteroatoms. The molecule has 2 N–H and O–H groups in total. The van der Waals surface area contributed by atoms with E-state index in [4.69, 9.17) is 19.6 Å². The van der Waals surface area contributed by atoms with Crippen LogP contribution in [0.25, 0.3) is 0 Å². The van der Waals surface area contributed by atoms with Crippen LogP contribution < -0.4 is 15.2 Å². The third-order valence-corrected chi connectivity index (χ3v) is 2.76. The first-order chi connectivity index (χ1) is 8.63. The van der Waals surface area contributed by atoms with Crippen LogP contribution in [0, 0.1) is 6.92 Å². The molecular formula is C13H16N2O3. The molecule has 0 aliphatic carbocycles. The highest BCUT2D eigenvalue weighted by Gasteiger charge is 2.12. The third-order valence-electron chi connectivity index (χ3n) is 2.76. The molecule has 0 aliphatic heterocycles. The number of methoxy groups -OCH3 is 2. The summed E-state index contributed by atoms with van der Waals surface area (Å²) in [7, 11) is 3.25. The quantitative estimate of drug-likeness (QED) is 0.897. The molecule has 5 nitrogen and oxygen atoms in total. The molecule has 0 aliphatic rings. The van der Waals surface area contributed by atoms with Crippen molar-refractivity contribution in [3.05, 3.63) is 35.2 Å². The molecule has 1 heterocycles. The molecule has 1 aromatic carbocycles. The smallest absolute Gasteiger partial charge is 0.292 e. The highest BCUT2D eigenvalue weighted by Crippen LogP contribution is 2.27. The summed E-state index contributed by atoms with van der Waals surface area (Å²) in [6.45, 7) is 1.84. The summed E-state index contributed by atoms with van der Waals surface area (Å²) in [6.07, 6.45) is 0.611. The molecule has 0 fully saturated rings. The highest BCUT2D eigenvalue weighted by molar-refractivity contribution is 5.43. The molecule has 0 spiro atoms. The molecule has 0 saturated heterocycles. The second-order valence-corrected chi connectivity index (χ2v) is 3.91. The Hall–Kier alpha value is -2.17. The maximum Gasteiger partial charge on any atom is 0.292 e. The van der Waals surface area contributed by atoms with Gasteiger partial charge in [-0.05, 0) is 13.0 Å². The number of nitrogens with two attached hydrogens (primary N) is 1. The fraction of sp³-hybridized carbons (Fsp3) is 0.308. The van der Waals surface area contributed by atoms with Crippen LogP contribution in [0.15, 0.2) is 22.6 Å². The number of benzene rings is 1. The van der Waals surface area contributed by atoms with Gasteiger partial charge in [0.25, 0.3) is 6.01 Å². The topological polar surface area (TPSA) is 70.5 Å². The fourth-order valence-electron chi connectivity index (χ4n) is 1.79.